The molecule has 0 spiro atoms. The molecule has 0 bridgehead atoms. The van der Waals surface area contributed by atoms with Gasteiger partial charge in [-0.1, -0.05) is 17.3 Å². The van der Waals surface area contributed by atoms with Crippen molar-refractivity contribution < 1.29 is 19.3 Å². The molecular weight excluding hydrogens is 264 g/mol. The molecule has 7 heteroatoms. The first-order chi connectivity index (χ1) is 9.52. The largest absolute Gasteiger partial charge is 0.504 e. The molecule has 7 nitrogen and oxygen atoms in total. The fraction of sp³-hybridized carbons (Fsp3) is 0.154. The Morgan fingerprint density at radius 1 is 1.45 bits per heavy atom. The predicted molar refractivity (Wildman–Crippen MR) is 71.5 cm³/mol. The van der Waals surface area contributed by atoms with Crippen molar-refractivity contribution in [1.29, 1.82) is 0 Å². The fourth-order valence-corrected chi connectivity index (χ4v) is 1.70. The van der Waals surface area contributed by atoms with Gasteiger partial charge in [0.05, 0.1) is 12.0 Å². The first-order valence-corrected chi connectivity index (χ1v) is 5.68. The van der Waals surface area contributed by atoms with Crippen LogP contribution in [0.3, 0.4) is 0 Å². The average Bonchev–Trinajstić information content (AvgIpc) is 2.78. The van der Waals surface area contributed by atoms with Gasteiger partial charge in [0.1, 0.15) is 0 Å². The molecule has 20 heavy (non-hydrogen) atoms. The summed E-state index contributed by atoms with van der Waals surface area (Å²) in [6, 6.07) is 4.77. The third-order valence-corrected chi connectivity index (χ3v) is 2.67. The van der Waals surface area contributed by atoms with Gasteiger partial charge in [-0.05, 0) is 30.7 Å². The van der Waals surface area contributed by atoms with Crippen molar-refractivity contribution in [3.63, 3.8) is 0 Å². The van der Waals surface area contributed by atoms with Gasteiger partial charge in [0.25, 0.3) is 0 Å². The van der Waals surface area contributed by atoms with Crippen molar-refractivity contribution in [2.75, 3.05) is 7.11 Å². The Morgan fingerprint density at radius 3 is 2.80 bits per heavy atom. The highest BCUT2D eigenvalue weighted by Gasteiger charge is 2.21. The Kier molecular flexibility index (Phi) is 3.69. The second-order valence-corrected chi connectivity index (χ2v) is 4.00. The van der Waals surface area contributed by atoms with Gasteiger partial charge in [-0.3, -0.25) is 10.1 Å². The molecule has 104 valence electrons. The van der Waals surface area contributed by atoms with Gasteiger partial charge >= 0.3 is 5.69 Å². The normalized spacial score (nSPS) is 10.9. The maximum Gasteiger partial charge on any atom is 0.338 e. The second-order valence-electron chi connectivity index (χ2n) is 4.00. The van der Waals surface area contributed by atoms with Crippen LogP contribution in [0.4, 0.5) is 5.69 Å². The van der Waals surface area contributed by atoms with E-state index in [4.69, 9.17) is 9.26 Å². The Hall–Kier alpha value is -2.83. The van der Waals surface area contributed by atoms with E-state index in [-0.39, 0.29) is 22.9 Å². The van der Waals surface area contributed by atoms with Crippen LogP contribution in [0.1, 0.15) is 17.0 Å². The third-order valence-electron chi connectivity index (χ3n) is 2.67. The van der Waals surface area contributed by atoms with E-state index in [1.165, 1.54) is 26.2 Å². The number of phenols is 1. The number of aromatic nitrogens is 1. The first kappa shape index (κ1) is 13.6. The Morgan fingerprint density at radius 2 is 2.20 bits per heavy atom. The van der Waals surface area contributed by atoms with Crippen LogP contribution in [0, 0.1) is 17.0 Å². The minimum absolute atomic E-state index is 0.0158. The molecule has 0 fully saturated rings. The SMILES string of the molecule is COc1ccc(/C=C\c2onc(C)c2[N+](=O)[O-])cc1O. The summed E-state index contributed by atoms with van der Waals surface area (Å²) in [7, 11) is 1.45. The number of ether oxygens (including phenoxy) is 1. The van der Waals surface area contributed by atoms with Crippen LogP contribution in [0.5, 0.6) is 11.5 Å². The lowest BCUT2D eigenvalue weighted by atomic mass is 10.1. The second kappa shape index (κ2) is 5.43. The van der Waals surface area contributed by atoms with Crippen LogP contribution < -0.4 is 4.74 Å². The summed E-state index contributed by atoms with van der Waals surface area (Å²) in [5.41, 5.74) is 0.692. The lowest BCUT2D eigenvalue weighted by Gasteiger charge is -2.02. The fourth-order valence-electron chi connectivity index (χ4n) is 1.70. The molecular formula is C13H12N2O5. The molecule has 2 aromatic rings. The number of hydrogen-bond donors (Lipinski definition) is 1. The van der Waals surface area contributed by atoms with Crippen molar-refractivity contribution in [2.24, 2.45) is 0 Å². The quantitative estimate of drug-likeness (QED) is 0.681. The van der Waals surface area contributed by atoms with Crippen molar-refractivity contribution in [2.45, 2.75) is 6.92 Å². The topological polar surface area (TPSA) is 98.6 Å². The van der Waals surface area contributed by atoms with E-state index in [0.717, 1.165) is 0 Å². The Bertz CT molecular complexity index is 675. The molecule has 0 amide bonds. The van der Waals surface area contributed by atoms with Crippen LogP contribution in [-0.2, 0) is 0 Å². The summed E-state index contributed by atoms with van der Waals surface area (Å²) in [5.74, 6) is 0.393. The summed E-state index contributed by atoms with van der Waals surface area (Å²) in [6.45, 7) is 1.50. The van der Waals surface area contributed by atoms with Gasteiger partial charge in [-0.15, -0.1) is 0 Å². The zero-order valence-corrected chi connectivity index (χ0v) is 10.9. The molecule has 1 heterocycles. The van der Waals surface area contributed by atoms with E-state index in [2.05, 4.69) is 5.16 Å². The summed E-state index contributed by atoms with van der Waals surface area (Å²) >= 11 is 0. The van der Waals surface area contributed by atoms with Gasteiger partial charge in [0.2, 0.25) is 5.76 Å². The molecule has 0 saturated carbocycles. The van der Waals surface area contributed by atoms with Crippen LogP contribution in [0.25, 0.3) is 12.2 Å². The van der Waals surface area contributed by atoms with Gasteiger partial charge in [-0.2, -0.15) is 0 Å². The van der Waals surface area contributed by atoms with E-state index >= 15 is 0 Å². The molecule has 2 rings (SSSR count). The minimum atomic E-state index is -0.545. The highest BCUT2D eigenvalue weighted by molar-refractivity contribution is 5.72. The van der Waals surface area contributed by atoms with E-state index in [0.29, 0.717) is 11.3 Å². The molecule has 0 radical (unpaired) electrons. The number of nitrogens with zero attached hydrogens (tertiary/aromatic N) is 2. The molecule has 0 aliphatic heterocycles. The van der Waals surface area contributed by atoms with Gasteiger partial charge in [0.15, 0.2) is 17.2 Å². The zero-order chi connectivity index (χ0) is 14.7. The monoisotopic (exact) mass is 276 g/mol. The standard InChI is InChI=1S/C13H12N2O5/c1-8-13(15(17)18)12(20-14-8)6-4-9-3-5-11(19-2)10(16)7-9/h3-7,16H,1-2H3/b6-4-. The van der Waals surface area contributed by atoms with Gasteiger partial charge in [0, 0.05) is 0 Å². The maximum absolute atomic E-state index is 10.9. The van der Waals surface area contributed by atoms with Gasteiger partial charge in [-0.25, -0.2) is 0 Å². The van der Waals surface area contributed by atoms with Crippen molar-refractivity contribution >= 4 is 17.8 Å². The van der Waals surface area contributed by atoms with Crippen molar-refractivity contribution in [1.82, 2.24) is 5.16 Å². The molecule has 0 unspecified atom stereocenters. The number of aryl methyl sites for hydroxylation is 1. The molecule has 1 N–H and O–H groups in total. The maximum atomic E-state index is 10.9. The molecule has 0 aliphatic carbocycles. The molecule has 1 aromatic heterocycles. The van der Waals surface area contributed by atoms with E-state index in [1.54, 1.807) is 18.2 Å². The van der Waals surface area contributed by atoms with Crippen LogP contribution >= 0.6 is 0 Å². The molecule has 0 aliphatic rings. The first-order valence-electron chi connectivity index (χ1n) is 5.68. The summed E-state index contributed by atoms with van der Waals surface area (Å²) in [5, 5.41) is 24.1. The van der Waals surface area contributed by atoms with Gasteiger partial charge < -0.3 is 14.4 Å². The number of benzene rings is 1. The molecule has 1 aromatic carbocycles. The van der Waals surface area contributed by atoms with E-state index in [9.17, 15) is 15.2 Å². The summed E-state index contributed by atoms with van der Waals surface area (Å²) in [4.78, 5) is 10.3. The lowest BCUT2D eigenvalue weighted by molar-refractivity contribution is -0.386. The summed E-state index contributed by atoms with van der Waals surface area (Å²) in [6.07, 6.45) is 3.01. The van der Waals surface area contributed by atoms with E-state index < -0.39 is 4.92 Å². The average molecular weight is 276 g/mol. The number of hydrogen-bond acceptors (Lipinski definition) is 6. The number of aromatic hydroxyl groups is 1. The minimum Gasteiger partial charge on any atom is -0.504 e. The highest BCUT2D eigenvalue weighted by Crippen LogP contribution is 2.28. The van der Waals surface area contributed by atoms with Crippen molar-refractivity contribution in [3.8, 4) is 11.5 Å². The lowest BCUT2D eigenvalue weighted by Crippen LogP contribution is -1.90. The zero-order valence-electron chi connectivity index (χ0n) is 10.9. The third kappa shape index (κ3) is 2.61. The van der Waals surface area contributed by atoms with Crippen LogP contribution in [0.2, 0.25) is 0 Å². The highest BCUT2D eigenvalue weighted by atomic mass is 16.6. The predicted octanol–water partition coefficient (Wildman–Crippen LogP) is 2.78. The van der Waals surface area contributed by atoms with Crippen LogP contribution in [0.15, 0.2) is 22.7 Å². The van der Waals surface area contributed by atoms with Crippen LogP contribution in [-0.4, -0.2) is 22.3 Å². The number of nitro groups is 1. The van der Waals surface area contributed by atoms with Crippen molar-refractivity contribution in [3.05, 3.63) is 45.3 Å². The number of methoxy groups -OCH3 is 1. The Labute approximate surface area is 114 Å². The van der Waals surface area contributed by atoms with E-state index in [1.807, 2.05) is 0 Å². The number of phenolic OH excluding ortho intramolecular Hbond substituents is 1. The Balaban J connectivity index is 2.30. The molecule has 0 atom stereocenters. The number of rotatable bonds is 4. The molecule has 0 saturated heterocycles. The summed E-state index contributed by atoms with van der Waals surface area (Å²) < 4.78 is 9.81. The smallest absolute Gasteiger partial charge is 0.338 e.